The molecule has 2 aromatic rings. The smallest absolute Gasteiger partial charge is 0.229 e. The van der Waals surface area contributed by atoms with Gasteiger partial charge in [0.15, 0.2) is 5.82 Å². The first kappa shape index (κ1) is 12.3. The Labute approximate surface area is 104 Å². The molecule has 0 saturated heterocycles. The van der Waals surface area contributed by atoms with Crippen LogP contribution >= 0.6 is 11.3 Å². The van der Waals surface area contributed by atoms with Crippen molar-refractivity contribution in [3.63, 3.8) is 0 Å². The molecule has 17 heavy (non-hydrogen) atoms. The molecule has 0 radical (unpaired) electrons. The van der Waals surface area contributed by atoms with Crippen molar-refractivity contribution in [2.75, 3.05) is 0 Å². The fourth-order valence-electron chi connectivity index (χ4n) is 1.43. The van der Waals surface area contributed by atoms with E-state index in [1.165, 1.54) is 4.88 Å². The summed E-state index contributed by atoms with van der Waals surface area (Å²) < 4.78 is 5.12. The number of aliphatic hydroxyl groups excluding tert-OH is 1. The van der Waals surface area contributed by atoms with Crippen molar-refractivity contribution in [1.29, 1.82) is 0 Å². The predicted octanol–water partition coefficient (Wildman–Crippen LogP) is 2.28. The minimum absolute atomic E-state index is 0.197. The van der Waals surface area contributed by atoms with Crippen molar-refractivity contribution in [3.8, 4) is 0 Å². The molecule has 0 saturated carbocycles. The Morgan fingerprint density at radius 2 is 2.29 bits per heavy atom. The third-order valence-corrected chi connectivity index (χ3v) is 3.45. The van der Waals surface area contributed by atoms with Gasteiger partial charge in [0, 0.05) is 11.3 Å². The van der Waals surface area contributed by atoms with Crippen LogP contribution in [0.4, 0.5) is 0 Å². The quantitative estimate of drug-likeness (QED) is 0.887. The van der Waals surface area contributed by atoms with Crippen LogP contribution in [0, 0.1) is 5.92 Å². The first-order chi connectivity index (χ1) is 8.15. The second-order valence-electron chi connectivity index (χ2n) is 4.38. The maximum atomic E-state index is 9.72. The highest BCUT2D eigenvalue weighted by atomic mass is 32.1. The Bertz CT molecular complexity index is 451. The van der Waals surface area contributed by atoms with Crippen molar-refractivity contribution in [1.82, 2.24) is 10.1 Å². The highest BCUT2D eigenvalue weighted by Crippen LogP contribution is 2.14. The van der Waals surface area contributed by atoms with Gasteiger partial charge < -0.3 is 9.63 Å². The molecule has 1 N–H and O–H groups in total. The van der Waals surface area contributed by atoms with Crippen molar-refractivity contribution >= 4 is 11.3 Å². The van der Waals surface area contributed by atoms with Crippen molar-refractivity contribution in [3.05, 3.63) is 34.1 Å². The zero-order chi connectivity index (χ0) is 12.3. The third kappa shape index (κ3) is 3.38. The van der Waals surface area contributed by atoms with Crippen LogP contribution in [0.2, 0.25) is 0 Å². The SMILES string of the molecule is CC(C)C(O)Cc1nc(Cc2cccs2)no1. The zero-order valence-corrected chi connectivity index (χ0v) is 10.8. The third-order valence-electron chi connectivity index (χ3n) is 2.58. The van der Waals surface area contributed by atoms with E-state index >= 15 is 0 Å². The van der Waals surface area contributed by atoms with E-state index in [1.807, 2.05) is 31.4 Å². The van der Waals surface area contributed by atoms with Crippen LogP contribution in [0.3, 0.4) is 0 Å². The summed E-state index contributed by atoms with van der Waals surface area (Å²) in [7, 11) is 0. The van der Waals surface area contributed by atoms with E-state index in [0.717, 1.165) is 0 Å². The molecule has 2 aromatic heterocycles. The van der Waals surface area contributed by atoms with Crippen LogP contribution < -0.4 is 0 Å². The summed E-state index contributed by atoms with van der Waals surface area (Å²) in [5.74, 6) is 1.39. The Balaban J connectivity index is 1.96. The number of hydrogen-bond acceptors (Lipinski definition) is 5. The summed E-state index contributed by atoms with van der Waals surface area (Å²) in [6.07, 6.45) is 0.693. The molecular formula is C12H16N2O2S. The molecule has 4 nitrogen and oxygen atoms in total. The first-order valence-electron chi connectivity index (χ1n) is 5.67. The van der Waals surface area contributed by atoms with Gasteiger partial charge in [0.05, 0.1) is 12.5 Å². The van der Waals surface area contributed by atoms with Gasteiger partial charge in [-0.05, 0) is 17.4 Å². The number of aliphatic hydroxyl groups is 1. The van der Waals surface area contributed by atoms with Gasteiger partial charge in [-0.1, -0.05) is 25.1 Å². The molecule has 92 valence electrons. The number of rotatable bonds is 5. The molecule has 0 aliphatic carbocycles. The predicted molar refractivity (Wildman–Crippen MR) is 66.0 cm³/mol. The normalized spacial score (nSPS) is 13.2. The fourth-order valence-corrected chi connectivity index (χ4v) is 2.13. The number of thiophene rings is 1. The lowest BCUT2D eigenvalue weighted by Gasteiger charge is -2.10. The summed E-state index contributed by atoms with van der Waals surface area (Å²) in [6, 6.07) is 4.05. The molecule has 0 aromatic carbocycles. The Kier molecular flexibility index (Phi) is 3.91. The highest BCUT2D eigenvalue weighted by Gasteiger charge is 2.15. The van der Waals surface area contributed by atoms with Crippen molar-refractivity contribution in [2.24, 2.45) is 5.92 Å². The van der Waals surface area contributed by atoms with E-state index < -0.39 is 6.10 Å². The summed E-state index contributed by atoms with van der Waals surface area (Å²) in [5, 5.41) is 15.7. The van der Waals surface area contributed by atoms with Crippen LogP contribution in [0.25, 0.3) is 0 Å². The lowest BCUT2D eigenvalue weighted by Crippen LogP contribution is -2.17. The van der Waals surface area contributed by atoms with Crippen LogP contribution in [-0.2, 0) is 12.8 Å². The molecule has 2 heterocycles. The lowest BCUT2D eigenvalue weighted by molar-refractivity contribution is 0.116. The molecule has 0 amide bonds. The van der Waals surface area contributed by atoms with Gasteiger partial charge in [-0.15, -0.1) is 11.3 Å². The summed E-state index contributed by atoms with van der Waals surface area (Å²) in [5.41, 5.74) is 0. The monoisotopic (exact) mass is 252 g/mol. The van der Waals surface area contributed by atoms with Crippen LogP contribution in [0.5, 0.6) is 0 Å². The van der Waals surface area contributed by atoms with E-state index in [1.54, 1.807) is 11.3 Å². The standard InChI is InChI=1S/C12H16N2O2S/c1-8(2)10(15)7-12-13-11(14-16-12)6-9-4-3-5-17-9/h3-5,8,10,15H,6-7H2,1-2H3. The molecule has 0 aliphatic rings. The maximum absolute atomic E-state index is 9.72. The minimum atomic E-state index is -0.426. The van der Waals surface area contributed by atoms with Crippen molar-refractivity contribution < 1.29 is 9.63 Å². The van der Waals surface area contributed by atoms with Crippen molar-refractivity contribution in [2.45, 2.75) is 32.8 Å². The number of aromatic nitrogens is 2. The Morgan fingerprint density at radius 1 is 1.47 bits per heavy atom. The molecule has 0 aliphatic heterocycles. The van der Waals surface area contributed by atoms with E-state index in [4.69, 9.17) is 4.52 Å². The van der Waals surface area contributed by atoms with Gasteiger partial charge in [-0.25, -0.2) is 0 Å². The van der Waals surface area contributed by atoms with E-state index in [9.17, 15) is 5.11 Å². The highest BCUT2D eigenvalue weighted by molar-refractivity contribution is 7.09. The lowest BCUT2D eigenvalue weighted by atomic mass is 10.0. The van der Waals surface area contributed by atoms with Gasteiger partial charge in [0.1, 0.15) is 0 Å². The van der Waals surface area contributed by atoms with Gasteiger partial charge in [-0.3, -0.25) is 0 Å². The van der Waals surface area contributed by atoms with E-state index in [2.05, 4.69) is 10.1 Å². The second kappa shape index (κ2) is 5.42. The molecule has 2 rings (SSSR count). The molecule has 0 bridgehead atoms. The fraction of sp³-hybridized carbons (Fsp3) is 0.500. The second-order valence-corrected chi connectivity index (χ2v) is 5.41. The van der Waals surface area contributed by atoms with Gasteiger partial charge >= 0.3 is 0 Å². The van der Waals surface area contributed by atoms with Gasteiger partial charge in [0.2, 0.25) is 5.89 Å². The molecule has 5 heteroatoms. The topological polar surface area (TPSA) is 59.2 Å². The van der Waals surface area contributed by atoms with Crippen LogP contribution in [0.1, 0.15) is 30.4 Å². The number of hydrogen-bond donors (Lipinski definition) is 1. The first-order valence-corrected chi connectivity index (χ1v) is 6.55. The minimum Gasteiger partial charge on any atom is -0.392 e. The molecule has 0 spiro atoms. The van der Waals surface area contributed by atoms with E-state index in [0.29, 0.717) is 24.6 Å². The van der Waals surface area contributed by atoms with Crippen LogP contribution in [-0.4, -0.2) is 21.4 Å². The molecule has 0 fully saturated rings. The average molecular weight is 252 g/mol. The van der Waals surface area contributed by atoms with Gasteiger partial charge in [0.25, 0.3) is 0 Å². The molecule has 1 atom stereocenters. The average Bonchev–Trinajstić information content (AvgIpc) is 2.91. The zero-order valence-electron chi connectivity index (χ0n) is 9.96. The van der Waals surface area contributed by atoms with E-state index in [-0.39, 0.29) is 5.92 Å². The van der Waals surface area contributed by atoms with Crippen LogP contribution in [0.15, 0.2) is 22.0 Å². The van der Waals surface area contributed by atoms with Gasteiger partial charge in [-0.2, -0.15) is 4.98 Å². The largest absolute Gasteiger partial charge is 0.392 e. The Hall–Kier alpha value is -1.20. The maximum Gasteiger partial charge on any atom is 0.229 e. The summed E-state index contributed by atoms with van der Waals surface area (Å²) in [4.78, 5) is 5.49. The Morgan fingerprint density at radius 3 is 2.94 bits per heavy atom. The summed E-state index contributed by atoms with van der Waals surface area (Å²) >= 11 is 1.67. The summed E-state index contributed by atoms with van der Waals surface area (Å²) in [6.45, 7) is 3.93. The molecule has 1 unspecified atom stereocenters. The number of nitrogens with zero attached hydrogens (tertiary/aromatic N) is 2. The molecular weight excluding hydrogens is 236 g/mol.